The summed E-state index contributed by atoms with van der Waals surface area (Å²) < 4.78 is 0. The molecule has 3 unspecified atom stereocenters. The predicted octanol–water partition coefficient (Wildman–Crippen LogP) is 4.45. The summed E-state index contributed by atoms with van der Waals surface area (Å²) in [7, 11) is -0.239. The maximum Gasteiger partial charge on any atom is -0.0199 e. The molecule has 0 aromatic carbocycles. The van der Waals surface area contributed by atoms with Gasteiger partial charge in [-0.25, -0.2) is 10.0 Å². The lowest BCUT2D eigenvalue weighted by atomic mass is 9.91. The third-order valence-electron chi connectivity index (χ3n) is 5.18. The number of rotatable bonds is 6. The minimum absolute atomic E-state index is 0.239. The van der Waals surface area contributed by atoms with Gasteiger partial charge in [0.05, 0.1) is 0 Å². The number of hydrogen-bond acceptors (Lipinski definition) is 0. The Morgan fingerprint density at radius 2 is 1.69 bits per heavy atom. The van der Waals surface area contributed by atoms with E-state index >= 15 is 0 Å². The lowest BCUT2D eigenvalue weighted by Crippen LogP contribution is -2.17. The van der Waals surface area contributed by atoms with Crippen LogP contribution in [0.15, 0.2) is 12.2 Å². The molecule has 1 saturated carbocycles. The second kappa shape index (κ2) is 5.16. The van der Waals surface area contributed by atoms with Crippen LogP contribution in [0.1, 0.15) is 40.0 Å². The lowest BCUT2D eigenvalue weighted by Gasteiger charge is -2.38. The van der Waals surface area contributed by atoms with Gasteiger partial charge in [-0.1, -0.05) is 32.9 Å². The summed E-state index contributed by atoms with van der Waals surface area (Å²) in [6.45, 7) is 7.26. The highest BCUT2D eigenvalue weighted by Crippen LogP contribution is 2.51. The van der Waals surface area contributed by atoms with E-state index in [1.54, 1.807) is 5.75 Å². The van der Waals surface area contributed by atoms with Crippen LogP contribution in [0.5, 0.6) is 0 Å². The highest BCUT2D eigenvalue weighted by molar-refractivity contribution is 8.33. The fourth-order valence-corrected chi connectivity index (χ4v) is 6.57. The maximum absolute atomic E-state index is 2.51. The second-order valence-corrected chi connectivity index (χ2v) is 10.2. The average Bonchev–Trinajstić information content (AvgIpc) is 2.93. The molecule has 1 heteroatoms. The Kier molecular flexibility index (Phi) is 4.05. The topological polar surface area (TPSA) is 0 Å². The van der Waals surface area contributed by atoms with Gasteiger partial charge in [-0.05, 0) is 60.0 Å². The normalized spacial score (nSPS) is 33.6. The molecule has 3 atom stereocenters. The van der Waals surface area contributed by atoms with Crippen LogP contribution in [0.2, 0.25) is 0 Å². The summed E-state index contributed by atoms with van der Waals surface area (Å²) in [5.74, 6) is 8.89. The number of hydrogen-bond donors (Lipinski definition) is 0. The van der Waals surface area contributed by atoms with E-state index in [2.05, 4.69) is 32.9 Å². The van der Waals surface area contributed by atoms with Gasteiger partial charge in [0.2, 0.25) is 0 Å². The average molecular weight is 240 g/mol. The first-order valence-electron chi connectivity index (χ1n) is 7.15. The van der Waals surface area contributed by atoms with Crippen molar-refractivity contribution in [2.75, 3.05) is 23.0 Å². The molecule has 2 bridgehead atoms. The van der Waals surface area contributed by atoms with Gasteiger partial charge in [0.15, 0.2) is 0 Å². The van der Waals surface area contributed by atoms with Gasteiger partial charge < -0.3 is 0 Å². The largest absolute Gasteiger partial charge is 0.242 e. The Balaban J connectivity index is 1.84. The van der Waals surface area contributed by atoms with Crippen molar-refractivity contribution in [3.8, 4) is 0 Å². The molecule has 2 rings (SSSR count). The van der Waals surface area contributed by atoms with Crippen molar-refractivity contribution < 1.29 is 0 Å². The smallest absolute Gasteiger partial charge is 0.0199 e. The molecule has 0 nitrogen and oxygen atoms in total. The molecule has 0 radical (unpaired) electrons. The fraction of sp³-hybridized carbons (Fsp3) is 0.867. The van der Waals surface area contributed by atoms with Crippen LogP contribution in [0, 0.1) is 17.8 Å². The van der Waals surface area contributed by atoms with Gasteiger partial charge in [-0.2, -0.15) is 0 Å². The molecule has 0 aliphatic heterocycles. The van der Waals surface area contributed by atoms with E-state index in [1.165, 1.54) is 36.5 Å². The zero-order valence-electron chi connectivity index (χ0n) is 11.2. The van der Waals surface area contributed by atoms with Crippen LogP contribution in [-0.4, -0.2) is 23.0 Å². The standard InChI is InChI=1S/C15H28S/c1-4-16(5-2,6-3)10-9-15-12-13-7-8-14(15)11-13/h7-8,13-15H,4-6,9-12H2,1-3H3. The molecule has 1 fully saturated rings. The van der Waals surface area contributed by atoms with Crippen molar-refractivity contribution in [2.45, 2.75) is 40.0 Å². The highest BCUT2D eigenvalue weighted by Gasteiger charge is 2.35. The fourth-order valence-electron chi connectivity index (χ4n) is 3.67. The van der Waals surface area contributed by atoms with Crippen LogP contribution in [0.4, 0.5) is 0 Å². The third kappa shape index (κ3) is 2.34. The quantitative estimate of drug-likeness (QED) is 0.602. The monoisotopic (exact) mass is 240 g/mol. The van der Waals surface area contributed by atoms with Crippen LogP contribution in [0.3, 0.4) is 0 Å². The molecule has 94 valence electrons. The molecule has 0 saturated heterocycles. The van der Waals surface area contributed by atoms with Crippen molar-refractivity contribution >= 4 is 10.0 Å². The van der Waals surface area contributed by atoms with Gasteiger partial charge in [-0.3, -0.25) is 0 Å². The van der Waals surface area contributed by atoms with E-state index in [0.717, 1.165) is 17.8 Å². The van der Waals surface area contributed by atoms with Crippen LogP contribution < -0.4 is 0 Å². The zero-order valence-corrected chi connectivity index (χ0v) is 12.1. The van der Waals surface area contributed by atoms with Crippen molar-refractivity contribution in [1.29, 1.82) is 0 Å². The molecule has 0 aromatic heterocycles. The first kappa shape index (κ1) is 12.5. The Morgan fingerprint density at radius 1 is 1.00 bits per heavy atom. The Hall–Kier alpha value is 0.0900. The summed E-state index contributed by atoms with van der Waals surface area (Å²) >= 11 is 0. The first-order valence-corrected chi connectivity index (χ1v) is 9.46. The van der Waals surface area contributed by atoms with E-state index < -0.39 is 0 Å². The summed E-state index contributed by atoms with van der Waals surface area (Å²) in [6, 6.07) is 0. The SMILES string of the molecule is CCS(CC)(CC)CCC1CC2C=CC1C2. The summed E-state index contributed by atoms with van der Waals surface area (Å²) in [6.07, 6.45) is 9.50. The van der Waals surface area contributed by atoms with Gasteiger partial charge in [0, 0.05) is 0 Å². The van der Waals surface area contributed by atoms with Crippen LogP contribution in [0.25, 0.3) is 0 Å². The molecule has 0 N–H and O–H groups in total. The molecule has 0 spiro atoms. The van der Waals surface area contributed by atoms with Gasteiger partial charge >= 0.3 is 0 Å². The summed E-state index contributed by atoms with van der Waals surface area (Å²) in [4.78, 5) is 0. The predicted molar refractivity (Wildman–Crippen MR) is 77.5 cm³/mol. The van der Waals surface area contributed by atoms with Gasteiger partial charge in [0.25, 0.3) is 0 Å². The summed E-state index contributed by atoms with van der Waals surface area (Å²) in [5.41, 5.74) is 0. The Morgan fingerprint density at radius 3 is 2.12 bits per heavy atom. The molecule has 0 aromatic rings. The van der Waals surface area contributed by atoms with Crippen molar-refractivity contribution in [3.05, 3.63) is 12.2 Å². The molecular weight excluding hydrogens is 212 g/mol. The minimum Gasteiger partial charge on any atom is -0.242 e. The third-order valence-corrected chi connectivity index (χ3v) is 9.95. The van der Waals surface area contributed by atoms with Gasteiger partial charge in [0.1, 0.15) is 0 Å². The molecule has 0 heterocycles. The second-order valence-electron chi connectivity index (χ2n) is 5.62. The van der Waals surface area contributed by atoms with Crippen molar-refractivity contribution in [2.24, 2.45) is 17.8 Å². The van der Waals surface area contributed by atoms with E-state index in [1.807, 2.05) is 0 Å². The number of fused-ring (bicyclic) bond motifs is 2. The van der Waals surface area contributed by atoms with Crippen molar-refractivity contribution in [1.82, 2.24) is 0 Å². The van der Waals surface area contributed by atoms with Crippen LogP contribution >= 0.6 is 10.0 Å². The lowest BCUT2D eigenvalue weighted by molar-refractivity contribution is 0.436. The van der Waals surface area contributed by atoms with E-state index in [0.29, 0.717) is 0 Å². The number of allylic oxidation sites excluding steroid dienone is 2. The Bertz CT molecular complexity index is 244. The highest BCUT2D eigenvalue weighted by atomic mass is 32.3. The molecular formula is C15H28S. The summed E-state index contributed by atoms with van der Waals surface area (Å²) in [5, 5.41) is 0. The van der Waals surface area contributed by atoms with E-state index in [-0.39, 0.29) is 10.0 Å². The molecule has 2 aliphatic carbocycles. The maximum atomic E-state index is 2.51. The Labute approximate surface area is 103 Å². The van der Waals surface area contributed by atoms with Crippen LogP contribution in [-0.2, 0) is 0 Å². The minimum atomic E-state index is -0.239. The molecule has 16 heavy (non-hydrogen) atoms. The molecule has 2 aliphatic rings. The first-order chi connectivity index (χ1) is 7.73. The van der Waals surface area contributed by atoms with E-state index in [9.17, 15) is 0 Å². The van der Waals surface area contributed by atoms with Gasteiger partial charge in [-0.15, -0.1) is 0 Å². The van der Waals surface area contributed by atoms with E-state index in [4.69, 9.17) is 0 Å². The van der Waals surface area contributed by atoms with Crippen molar-refractivity contribution in [3.63, 3.8) is 0 Å². The zero-order chi connectivity index (χ0) is 11.6. The molecule has 0 amide bonds.